The lowest BCUT2D eigenvalue weighted by atomic mass is 10.0. The Kier molecular flexibility index (Phi) is 7.45. The van der Waals surface area contributed by atoms with Gasteiger partial charge in [0, 0.05) is 22.9 Å². The van der Waals surface area contributed by atoms with E-state index in [-0.39, 0.29) is 33.8 Å². The lowest BCUT2D eigenvalue weighted by Crippen LogP contribution is -2.22. The molecule has 4 aromatic rings. The third-order valence-electron chi connectivity index (χ3n) is 5.78. The highest BCUT2D eigenvalue weighted by atomic mass is 35.5. The van der Waals surface area contributed by atoms with E-state index in [4.69, 9.17) is 21.3 Å². The minimum atomic E-state index is -1.29. The number of hydrogen-bond acceptors (Lipinski definition) is 7. The number of benzene rings is 1. The summed E-state index contributed by atoms with van der Waals surface area (Å²) < 4.78 is 21.0. The molecule has 0 saturated heterocycles. The van der Waals surface area contributed by atoms with Crippen LogP contribution in [0.1, 0.15) is 58.8 Å². The van der Waals surface area contributed by atoms with Crippen molar-refractivity contribution in [1.29, 1.82) is 0 Å². The van der Waals surface area contributed by atoms with E-state index in [1.54, 1.807) is 52.0 Å². The van der Waals surface area contributed by atoms with Gasteiger partial charge >= 0.3 is 11.9 Å². The molecule has 0 fully saturated rings. The molecule has 0 radical (unpaired) electrons. The minimum absolute atomic E-state index is 0.00799. The second-order valence-corrected chi connectivity index (χ2v) is 9.32. The molecule has 0 spiro atoms. The summed E-state index contributed by atoms with van der Waals surface area (Å²) in [5, 5.41) is 12.5. The van der Waals surface area contributed by atoms with E-state index in [2.05, 4.69) is 10.3 Å². The second-order valence-electron chi connectivity index (χ2n) is 8.93. The Morgan fingerprint density at radius 2 is 1.79 bits per heavy atom. The fourth-order valence-corrected chi connectivity index (χ4v) is 4.14. The number of anilines is 1. The quantitative estimate of drug-likeness (QED) is 0.240. The molecule has 11 heteroatoms. The summed E-state index contributed by atoms with van der Waals surface area (Å²) in [4.78, 5) is 45.6. The molecule has 1 atom stereocenters. The van der Waals surface area contributed by atoms with Crippen molar-refractivity contribution in [2.24, 2.45) is 0 Å². The number of nitrogens with one attached hydrogen (secondary N) is 1. The van der Waals surface area contributed by atoms with Crippen LogP contribution in [-0.4, -0.2) is 37.5 Å². The summed E-state index contributed by atoms with van der Waals surface area (Å²) in [5.74, 6) is -2.43. The molecule has 196 valence electrons. The van der Waals surface area contributed by atoms with E-state index < -0.39 is 29.4 Å². The maximum Gasteiger partial charge on any atom is 0.356 e. The van der Waals surface area contributed by atoms with Crippen LogP contribution in [0.15, 0.2) is 53.5 Å². The van der Waals surface area contributed by atoms with Crippen molar-refractivity contribution in [2.75, 3.05) is 5.32 Å². The van der Waals surface area contributed by atoms with Gasteiger partial charge in [0.05, 0.1) is 29.1 Å². The van der Waals surface area contributed by atoms with Gasteiger partial charge in [-0.05, 0) is 58.0 Å². The first-order chi connectivity index (χ1) is 18.0. The second kappa shape index (κ2) is 10.6. The van der Waals surface area contributed by atoms with Gasteiger partial charge < -0.3 is 15.2 Å². The first-order valence-electron chi connectivity index (χ1n) is 11.7. The van der Waals surface area contributed by atoms with Gasteiger partial charge in [0.2, 0.25) is 0 Å². The third kappa shape index (κ3) is 5.35. The third-order valence-corrected chi connectivity index (χ3v) is 5.99. The van der Waals surface area contributed by atoms with Crippen LogP contribution in [0.5, 0.6) is 0 Å². The van der Waals surface area contributed by atoms with E-state index >= 15 is 0 Å². The fourth-order valence-electron chi connectivity index (χ4n) is 3.99. The van der Waals surface area contributed by atoms with Gasteiger partial charge in [-0.15, -0.1) is 0 Å². The summed E-state index contributed by atoms with van der Waals surface area (Å²) in [5.41, 5.74) is 1.45. The molecule has 4 rings (SSSR count). The van der Waals surface area contributed by atoms with E-state index in [1.807, 2.05) is 0 Å². The molecular weight excluding hydrogens is 515 g/mol. The topological polar surface area (TPSA) is 123 Å². The molecule has 0 unspecified atom stereocenters. The number of esters is 1. The number of aromatic nitrogens is 3. The Bertz CT molecular complexity index is 1620. The smallest absolute Gasteiger partial charge is 0.356 e. The zero-order valence-corrected chi connectivity index (χ0v) is 21.7. The number of halogens is 2. The zero-order chi connectivity index (χ0) is 27.7. The minimum Gasteiger partial charge on any atom is -0.476 e. The fraction of sp³-hybridized carbons (Fsp3) is 0.222. The van der Waals surface area contributed by atoms with E-state index in [1.165, 1.54) is 18.2 Å². The maximum absolute atomic E-state index is 14.6. The van der Waals surface area contributed by atoms with Gasteiger partial charge in [-0.25, -0.2) is 23.9 Å². The van der Waals surface area contributed by atoms with Crippen molar-refractivity contribution in [3.05, 3.63) is 92.4 Å². The Labute approximate surface area is 221 Å². The lowest BCUT2D eigenvalue weighted by Gasteiger charge is -2.19. The highest BCUT2D eigenvalue weighted by Crippen LogP contribution is 2.28. The number of aromatic carboxylic acids is 1. The summed E-state index contributed by atoms with van der Waals surface area (Å²) in [6, 6.07) is 9.91. The molecule has 3 aromatic heterocycles. The van der Waals surface area contributed by atoms with Gasteiger partial charge in [0.25, 0.3) is 5.56 Å². The molecule has 38 heavy (non-hydrogen) atoms. The van der Waals surface area contributed by atoms with Crippen LogP contribution in [0, 0.1) is 12.7 Å². The van der Waals surface area contributed by atoms with Crippen molar-refractivity contribution >= 4 is 34.9 Å². The number of carbonyl (C=O) groups is 2. The Balaban J connectivity index is 1.80. The Morgan fingerprint density at radius 3 is 2.42 bits per heavy atom. The molecule has 2 N–H and O–H groups in total. The van der Waals surface area contributed by atoms with Gasteiger partial charge in [-0.1, -0.05) is 23.7 Å². The number of hydrogen-bond donors (Lipinski definition) is 2. The van der Waals surface area contributed by atoms with E-state index in [9.17, 15) is 23.9 Å². The van der Waals surface area contributed by atoms with Crippen LogP contribution < -0.4 is 10.9 Å². The number of carboxylic acid groups (broad SMARTS) is 1. The molecule has 0 aliphatic rings. The summed E-state index contributed by atoms with van der Waals surface area (Å²) in [7, 11) is 0. The van der Waals surface area contributed by atoms with Crippen LogP contribution in [0.3, 0.4) is 0 Å². The monoisotopic (exact) mass is 538 g/mol. The molecule has 1 aromatic carbocycles. The lowest BCUT2D eigenvalue weighted by molar-refractivity contribution is 0.0377. The standard InChI is InChI=1S/C27H24ClFN4O5/c1-13(2)38-27(37)17-7-5-16(6-8-17)22-14(3)25(34)33-12-18(29)11-19(24(33)32-22)15(4)30-20-9-10-21(28)31-23(20)26(35)36/h5-13,15,30H,1-4H3,(H,35,36)/t15-/m1/s1. The number of fused-ring (bicyclic) bond motifs is 1. The largest absolute Gasteiger partial charge is 0.476 e. The summed E-state index contributed by atoms with van der Waals surface area (Å²) in [6.07, 6.45) is 0.783. The van der Waals surface area contributed by atoms with Crippen LogP contribution >= 0.6 is 11.6 Å². The SMILES string of the molecule is Cc1c(-c2ccc(C(=O)OC(C)C)cc2)nc2c([C@@H](C)Nc3ccc(Cl)nc3C(=O)O)cc(F)cn2c1=O. The molecule has 0 aliphatic carbocycles. The summed E-state index contributed by atoms with van der Waals surface area (Å²) in [6.45, 7) is 6.77. The Hall–Kier alpha value is -4.31. The molecule has 0 amide bonds. The first-order valence-corrected chi connectivity index (χ1v) is 12.0. The van der Waals surface area contributed by atoms with Crippen molar-refractivity contribution in [3.63, 3.8) is 0 Å². The molecule has 0 saturated carbocycles. The Morgan fingerprint density at radius 1 is 1.11 bits per heavy atom. The van der Waals surface area contributed by atoms with Crippen molar-refractivity contribution in [3.8, 4) is 11.3 Å². The van der Waals surface area contributed by atoms with E-state index in [0.29, 0.717) is 22.4 Å². The van der Waals surface area contributed by atoms with Crippen molar-refractivity contribution in [2.45, 2.75) is 39.8 Å². The number of pyridine rings is 2. The van der Waals surface area contributed by atoms with Crippen LogP contribution in [0.4, 0.5) is 10.1 Å². The highest BCUT2D eigenvalue weighted by Gasteiger charge is 2.21. The number of carbonyl (C=O) groups excluding carboxylic acids is 1. The molecule has 0 bridgehead atoms. The average Bonchev–Trinajstić information content (AvgIpc) is 2.86. The first kappa shape index (κ1) is 26.7. The van der Waals surface area contributed by atoms with Gasteiger partial charge in [0.15, 0.2) is 5.69 Å². The van der Waals surface area contributed by atoms with Crippen LogP contribution in [0.25, 0.3) is 16.9 Å². The number of rotatable bonds is 7. The normalized spacial score (nSPS) is 12.0. The zero-order valence-electron chi connectivity index (χ0n) is 21.0. The molecular formula is C27H24ClFN4O5. The van der Waals surface area contributed by atoms with Crippen molar-refractivity contribution in [1.82, 2.24) is 14.4 Å². The molecule has 9 nitrogen and oxygen atoms in total. The average molecular weight is 539 g/mol. The predicted octanol–water partition coefficient (Wildman–Crippen LogP) is 5.29. The number of carboxylic acids is 1. The maximum atomic E-state index is 14.6. The van der Waals surface area contributed by atoms with Gasteiger partial charge in [-0.2, -0.15) is 0 Å². The van der Waals surface area contributed by atoms with Gasteiger partial charge in [0.1, 0.15) is 16.6 Å². The molecule has 0 aliphatic heterocycles. The summed E-state index contributed by atoms with van der Waals surface area (Å²) >= 11 is 5.84. The number of ether oxygens (including phenoxy) is 1. The van der Waals surface area contributed by atoms with Crippen molar-refractivity contribution < 1.29 is 23.8 Å². The number of nitrogens with zero attached hydrogens (tertiary/aromatic N) is 3. The predicted molar refractivity (Wildman–Crippen MR) is 140 cm³/mol. The van der Waals surface area contributed by atoms with Crippen LogP contribution in [0.2, 0.25) is 5.15 Å². The van der Waals surface area contributed by atoms with E-state index in [0.717, 1.165) is 10.6 Å². The highest BCUT2D eigenvalue weighted by molar-refractivity contribution is 6.29. The van der Waals surface area contributed by atoms with Crippen LogP contribution in [-0.2, 0) is 4.74 Å². The molecule has 3 heterocycles. The van der Waals surface area contributed by atoms with Gasteiger partial charge in [-0.3, -0.25) is 9.20 Å².